The van der Waals surface area contributed by atoms with E-state index in [1.807, 2.05) is 55.5 Å². The van der Waals surface area contributed by atoms with Crippen LogP contribution in [-0.2, 0) is 16.1 Å². The third kappa shape index (κ3) is 7.95. The van der Waals surface area contributed by atoms with Gasteiger partial charge < -0.3 is 15.0 Å². The lowest BCUT2D eigenvalue weighted by atomic mass is 9.95. The molecular weight excluding hydrogens is 468 g/mol. The Morgan fingerprint density at radius 3 is 2.56 bits per heavy atom. The van der Waals surface area contributed by atoms with E-state index in [-0.39, 0.29) is 17.9 Å². The molecule has 1 saturated carbocycles. The maximum absolute atomic E-state index is 13.4. The molecule has 34 heavy (non-hydrogen) atoms. The molecule has 0 bridgehead atoms. The smallest absolute Gasteiger partial charge is 0.243 e. The summed E-state index contributed by atoms with van der Waals surface area (Å²) in [6.07, 6.45) is 6.48. The number of thioether (sulfide) groups is 1. The summed E-state index contributed by atoms with van der Waals surface area (Å²) in [7, 11) is 1.63. The fourth-order valence-corrected chi connectivity index (χ4v) is 5.33. The van der Waals surface area contributed by atoms with E-state index in [4.69, 9.17) is 16.3 Å². The first-order chi connectivity index (χ1) is 16.5. The summed E-state index contributed by atoms with van der Waals surface area (Å²) in [5, 5.41) is 3.92. The molecule has 184 valence electrons. The molecule has 2 aromatic carbocycles. The number of ether oxygens (including phenoxy) is 1. The molecule has 1 fully saturated rings. The second kappa shape index (κ2) is 13.6. The van der Waals surface area contributed by atoms with Gasteiger partial charge in [0.05, 0.1) is 7.11 Å². The number of halogens is 1. The quantitative estimate of drug-likeness (QED) is 0.378. The fraction of sp³-hybridized carbons (Fsp3) is 0.481. The van der Waals surface area contributed by atoms with Gasteiger partial charge in [-0.2, -0.15) is 0 Å². The molecule has 1 N–H and O–H groups in total. The van der Waals surface area contributed by atoms with Gasteiger partial charge >= 0.3 is 0 Å². The van der Waals surface area contributed by atoms with Gasteiger partial charge in [-0.05, 0) is 61.2 Å². The highest BCUT2D eigenvalue weighted by Crippen LogP contribution is 2.23. The van der Waals surface area contributed by atoms with Crippen LogP contribution < -0.4 is 10.1 Å². The lowest BCUT2D eigenvalue weighted by molar-refractivity contribution is -0.141. The van der Waals surface area contributed by atoms with Crippen molar-refractivity contribution in [1.82, 2.24) is 10.2 Å². The zero-order valence-corrected chi connectivity index (χ0v) is 21.7. The van der Waals surface area contributed by atoms with Gasteiger partial charge in [0.15, 0.2) is 0 Å². The van der Waals surface area contributed by atoms with Crippen LogP contribution in [-0.4, -0.2) is 41.7 Å². The number of nitrogens with zero attached hydrogens (tertiary/aromatic N) is 1. The summed E-state index contributed by atoms with van der Waals surface area (Å²) < 4.78 is 5.36. The highest BCUT2D eigenvalue weighted by Gasteiger charge is 2.30. The zero-order valence-electron chi connectivity index (χ0n) is 20.1. The molecule has 7 heteroatoms. The Hall–Kier alpha value is -2.18. The van der Waals surface area contributed by atoms with Crippen molar-refractivity contribution in [3.8, 4) is 5.75 Å². The summed E-state index contributed by atoms with van der Waals surface area (Å²) >= 11 is 7.59. The molecule has 1 aliphatic rings. The molecule has 0 heterocycles. The second-order valence-electron chi connectivity index (χ2n) is 8.69. The Labute approximate surface area is 212 Å². The van der Waals surface area contributed by atoms with Crippen molar-refractivity contribution in [3.05, 3.63) is 59.1 Å². The third-order valence-corrected chi connectivity index (χ3v) is 7.49. The van der Waals surface area contributed by atoms with Gasteiger partial charge in [-0.3, -0.25) is 9.59 Å². The Bertz CT molecular complexity index is 932. The molecule has 0 saturated heterocycles. The molecule has 5 nitrogen and oxygen atoms in total. The minimum Gasteiger partial charge on any atom is -0.497 e. The maximum Gasteiger partial charge on any atom is 0.243 e. The Kier molecular flexibility index (Phi) is 10.6. The molecule has 2 amide bonds. The summed E-state index contributed by atoms with van der Waals surface area (Å²) in [6, 6.07) is 15.0. The number of carbonyl (C=O) groups excluding carboxylic acids is 2. The van der Waals surface area contributed by atoms with Gasteiger partial charge in [-0.1, -0.05) is 49.9 Å². The van der Waals surface area contributed by atoms with Crippen LogP contribution in [0.5, 0.6) is 5.75 Å². The Morgan fingerprint density at radius 1 is 1.15 bits per heavy atom. The van der Waals surface area contributed by atoms with Crippen molar-refractivity contribution in [2.75, 3.05) is 12.9 Å². The van der Waals surface area contributed by atoms with E-state index in [1.165, 1.54) is 6.42 Å². The minimum atomic E-state index is -0.499. The Balaban J connectivity index is 1.71. The van der Waals surface area contributed by atoms with Gasteiger partial charge in [0.25, 0.3) is 0 Å². The largest absolute Gasteiger partial charge is 0.497 e. The predicted molar refractivity (Wildman–Crippen MR) is 139 cm³/mol. The number of hydrogen-bond donors (Lipinski definition) is 1. The average Bonchev–Trinajstić information content (AvgIpc) is 2.85. The number of amides is 2. The van der Waals surface area contributed by atoms with Crippen molar-refractivity contribution in [2.45, 2.75) is 75.4 Å². The summed E-state index contributed by atoms with van der Waals surface area (Å²) in [5.41, 5.74) is 0.946. The predicted octanol–water partition coefficient (Wildman–Crippen LogP) is 6.09. The summed E-state index contributed by atoms with van der Waals surface area (Å²) in [5.74, 6) is 1.31. The summed E-state index contributed by atoms with van der Waals surface area (Å²) in [4.78, 5) is 29.5. The maximum atomic E-state index is 13.4. The number of methoxy groups -OCH3 is 1. The van der Waals surface area contributed by atoms with Crippen molar-refractivity contribution < 1.29 is 14.3 Å². The average molecular weight is 503 g/mol. The van der Waals surface area contributed by atoms with Crippen LogP contribution in [0.15, 0.2) is 53.4 Å². The van der Waals surface area contributed by atoms with Crippen LogP contribution in [0.3, 0.4) is 0 Å². The first kappa shape index (κ1) is 26.4. The number of nitrogens with one attached hydrogen (secondary N) is 1. The van der Waals surface area contributed by atoms with Gasteiger partial charge in [-0.25, -0.2) is 0 Å². The summed E-state index contributed by atoms with van der Waals surface area (Å²) in [6.45, 7) is 2.34. The molecule has 0 radical (unpaired) electrons. The molecular formula is C27H35ClN2O3S. The standard InChI is InChI=1S/C27H35ClN2O3S/c1-3-25(27(32)29-22-9-5-4-6-10-22)30(19-20-8-7-11-23(18-20)33-2)26(31)16-17-34-24-14-12-21(28)13-15-24/h7-8,11-15,18,22,25H,3-6,9-10,16-17,19H2,1-2H3,(H,29,32)/t25-/m1/s1. The van der Waals surface area contributed by atoms with Gasteiger partial charge in [0.1, 0.15) is 11.8 Å². The minimum absolute atomic E-state index is 0.0186. The van der Waals surface area contributed by atoms with Crippen molar-refractivity contribution in [2.24, 2.45) is 0 Å². The fourth-order valence-electron chi connectivity index (χ4n) is 4.36. The molecule has 3 rings (SSSR count). The van der Waals surface area contributed by atoms with Crippen LogP contribution in [0, 0.1) is 0 Å². The molecule has 0 aliphatic heterocycles. The second-order valence-corrected chi connectivity index (χ2v) is 10.3. The van der Waals surface area contributed by atoms with Crippen LogP contribution in [0.2, 0.25) is 5.02 Å². The number of hydrogen-bond acceptors (Lipinski definition) is 4. The van der Waals surface area contributed by atoms with Crippen LogP contribution >= 0.6 is 23.4 Å². The number of rotatable bonds is 11. The molecule has 0 spiro atoms. The molecule has 0 aromatic heterocycles. The number of benzene rings is 2. The highest BCUT2D eigenvalue weighted by atomic mass is 35.5. The lowest BCUT2D eigenvalue weighted by Gasteiger charge is -2.33. The molecule has 0 unspecified atom stereocenters. The van der Waals surface area contributed by atoms with E-state index < -0.39 is 6.04 Å². The normalized spacial score (nSPS) is 14.9. The molecule has 1 aliphatic carbocycles. The van der Waals surface area contributed by atoms with E-state index in [1.54, 1.807) is 23.8 Å². The highest BCUT2D eigenvalue weighted by molar-refractivity contribution is 7.99. The SMILES string of the molecule is CC[C@H](C(=O)NC1CCCCC1)N(Cc1cccc(OC)c1)C(=O)CCSc1ccc(Cl)cc1. The van der Waals surface area contributed by atoms with Crippen molar-refractivity contribution in [1.29, 1.82) is 0 Å². The monoisotopic (exact) mass is 502 g/mol. The van der Waals surface area contributed by atoms with Crippen LogP contribution in [0.4, 0.5) is 0 Å². The zero-order chi connectivity index (χ0) is 24.3. The van der Waals surface area contributed by atoms with Gasteiger partial charge in [-0.15, -0.1) is 11.8 Å². The topological polar surface area (TPSA) is 58.6 Å². The number of carbonyl (C=O) groups is 2. The van der Waals surface area contributed by atoms with Crippen LogP contribution in [0.25, 0.3) is 0 Å². The van der Waals surface area contributed by atoms with E-state index in [0.29, 0.717) is 30.2 Å². The van der Waals surface area contributed by atoms with E-state index in [2.05, 4.69) is 5.32 Å². The van der Waals surface area contributed by atoms with Crippen LogP contribution in [0.1, 0.15) is 57.4 Å². The first-order valence-corrected chi connectivity index (χ1v) is 13.5. The van der Waals surface area contributed by atoms with Crippen molar-refractivity contribution >= 4 is 35.2 Å². The van der Waals surface area contributed by atoms with Gasteiger partial charge in [0.2, 0.25) is 11.8 Å². The van der Waals surface area contributed by atoms with E-state index in [0.717, 1.165) is 41.9 Å². The van der Waals surface area contributed by atoms with Gasteiger partial charge in [0, 0.05) is 34.7 Å². The third-order valence-electron chi connectivity index (χ3n) is 6.22. The molecule has 1 atom stereocenters. The van der Waals surface area contributed by atoms with Crippen molar-refractivity contribution in [3.63, 3.8) is 0 Å². The van der Waals surface area contributed by atoms with E-state index in [9.17, 15) is 9.59 Å². The molecule has 2 aromatic rings. The van der Waals surface area contributed by atoms with E-state index >= 15 is 0 Å². The first-order valence-electron chi connectivity index (χ1n) is 12.1. The lowest BCUT2D eigenvalue weighted by Crippen LogP contribution is -2.51. The Morgan fingerprint density at radius 2 is 1.88 bits per heavy atom.